The molecule has 0 bridgehead atoms. The second-order valence-corrected chi connectivity index (χ2v) is 6.28. The standard InChI is InChI=1S/C15H29NO/c1-12(14-7-3-2-4-8-14)16-11-13-6-5-9-15(17)10-13/h12-17H,2-11H2,1H3. The van der Waals surface area contributed by atoms with Crippen molar-refractivity contribution in [3.8, 4) is 0 Å². The number of rotatable bonds is 4. The molecule has 0 aromatic carbocycles. The third kappa shape index (κ3) is 4.26. The first-order valence-electron chi connectivity index (χ1n) is 7.67. The van der Waals surface area contributed by atoms with Gasteiger partial charge in [0.2, 0.25) is 0 Å². The van der Waals surface area contributed by atoms with Gasteiger partial charge in [0.1, 0.15) is 0 Å². The Labute approximate surface area is 106 Å². The highest BCUT2D eigenvalue weighted by molar-refractivity contribution is 4.79. The van der Waals surface area contributed by atoms with E-state index in [4.69, 9.17) is 0 Å². The molecule has 0 spiro atoms. The summed E-state index contributed by atoms with van der Waals surface area (Å²) in [5.74, 6) is 1.61. The van der Waals surface area contributed by atoms with Crippen molar-refractivity contribution in [1.29, 1.82) is 0 Å². The van der Waals surface area contributed by atoms with Gasteiger partial charge in [-0.15, -0.1) is 0 Å². The van der Waals surface area contributed by atoms with Crippen molar-refractivity contribution >= 4 is 0 Å². The molecule has 2 nitrogen and oxygen atoms in total. The van der Waals surface area contributed by atoms with E-state index in [-0.39, 0.29) is 6.10 Å². The van der Waals surface area contributed by atoms with Gasteiger partial charge in [0.25, 0.3) is 0 Å². The van der Waals surface area contributed by atoms with Crippen LogP contribution in [0.15, 0.2) is 0 Å². The molecular formula is C15H29NO. The summed E-state index contributed by atoms with van der Waals surface area (Å²) in [5.41, 5.74) is 0. The van der Waals surface area contributed by atoms with E-state index in [9.17, 15) is 5.11 Å². The predicted molar refractivity (Wildman–Crippen MR) is 72.0 cm³/mol. The summed E-state index contributed by atoms with van der Waals surface area (Å²) in [6.07, 6.45) is 11.7. The monoisotopic (exact) mass is 239 g/mol. The second kappa shape index (κ2) is 6.75. The maximum absolute atomic E-state index is 9.67. The Morgan fingerprint density at radius 2 is 1.82 bits per heavy atom. The molecule has 100 valence electrons. The molecule has 0 aromatic heterocycles. The summed E-state index contributed by atoms with van der Waals surface area (Å²) in [6, 6.07) is 0.675. The number of hydrogen-bond donors (Lipinski definition) is 2. The lowest BCUT2D eigenvalue weighted by molar-refractivity contribution is 0.0984. The molecule has 2 rings (SSSR count). The molecule has 2 heteroatoms. The average Bonchev–Trinajstić information content (AvgIpc) is 2.37. The molecule has 0 aliphatic heterocycles. The Morgan fingerprint density at radius 3 is 2.53 bits per heavy atom. The summed E-state index contributed by atoms with van der Waals surface area (Å²) >= 11 is 0. The van der Waals surface area contributed by atoms with Crippen molar-refractivity contribution in [3.05, 3.63) is 0 Å². The zero-order valence-corrected chi connectivity index (χ0v) is 11.3. The van der Waals surface area contributed by atoms with Crippen LogP contribution in [0.5, 0.6) is 0 Å². The topological polar surface area (TPSA) is 32.3 Å². The van der Waals surface area contributed by atoms with Gasteiger partial charge < -0.3 is 10.4 Å². The van der Waals surface area contributed by atoms with Crippen LogP contribution in [-0.2, 0) is 0 Å². The third-order valence-corrected chi connectivity index (χ3v) is 4.84. The summed E-state index contributed by atoms with van der Waals surface area (Å²) in [5, 5.41) is 13.4. The summed E-state index contributed by atoms with van der Waals surface area (Å²) in [6.45, 7) is 3.48. The van der Waals surface area contributed by atoms with Crippen molar-refractivity contribution in [2.45, 2.75) is 76.9 Å². The maximum Gasteiger partial charge on any atom is 0.0543 e. The van der Waals surface area contributed by atoms with E-state index in [0.717, 1.165) is 25.3 Å². The lowest BCUT2D eigenvalue weighted by Gasteiger charge is -2.31. The largest absolute Gasteiger partial charge is 0.393 e. The average molecular weight is 239 g/mol. The number of nitrogens with one attached hydrogen (secondary N) is 1. The molecule has 2 N–H and O–H groups in total. The Kier molecular flexibility index (Phi) is 5.30. The molecule has 0 saturated heterocycles. The summed E-state index contributed by atoms with van der Waals surface area (Å²) in [4.78, 5) is 0. The first-order chi connectivity index (χ1) is 8.25. The van der Waals surface area contributed by atoms with E-state index in [1.165, 1.54) is 44.9 Å². The van der Waals surface area contributed by atoms with Crippen LogP contribution in [0.2, 0.25) is 0 Å². The molecule has 0 heterocycles. The fraction of sp³-hybridized carbons (Fsp3) is 1.00. The molecule has 2 fully saturated rings. The molecule has 2 aliphatic carbocycles. The van der Waals surface area contributed by atoms with E-state index in [0.29, 0.717) is 12.0 Å². The van der Waals surface area contributed by atoms with Gasteiger partial charge in [-0.2, -0.15) is 0 Å². The highest BCUT2D eigenvalue weighted by atomic mass is 16.3. The fourth-order valence-corrected chi connectivity index (χ4v) is 3.60. The van der Waals surface area contributed by atoms with Crippen LogP contribution in [0.1, 0.15) is 64.7 Å². The fourth-order valence-electron chi connectivity index (χ4n) is 3.60. The zero-order valence-electron chi connectivity index (χ0n) is 11.3. The molecule has 2 aliphatic rings. The van der Waals surface area contributed by atoms with Crippen LogP contribution in [0.4, 0.5) is 0 Å². The molecule has 0 amide bonds. The van der Waals surface area contributed by atoms with Crippen LogP contribution >= 0.6 is 0 Å². The highest BCUT2D eigenvalue weighted by Crippen LogP contribution is 2.27. The lowest BCUT2D eigenvalue weighted by Crippen LogP contribution is -2.39. The molecule has 3 atom stereocenters. The summed E-state index contributed by atoms with van der Waals surface area (Å²) in [7, 11) is 0. The van der Waals surface area contributed by atoms with Gasteiger partial charge in [0.05, 0.1) is 6.10 Å². The maximum atomic E-state index is 9.67. The molecule has 0 aromatic rings. The van der Waals surface area contributed by atoms with Crippen molar-refractivity contribution in [2.24, 2.45) is 11.8 Å². The van der Waals surface area contributed by atoms with Crippen molar-refractivity contribution < 1.29 is 5.11 Å². The van der Waals surface area contributed by atoms with Crippen LogP contribution in [-0.4, -0.2) is 23.8 Å². The molecule has 3 unspecified atom stereocenters. The minimum Gasteiger partial charge on any atom is -0.393 e. The smallest absolute Gasteiger partial charge is 0.0543 e. The molecule has 2 saturated carbocycles. The van der Waals surface area contributed by atoms with Gasteiger partial charge in [-0.05, 0) is 57.4 Å². The number of aliphatic hydroxyl groups excluding tert-OH is 1. The molecule has 17 heavy (non-hydrogen) atoms. The van der Waals surface area contributed by atoms with E-state index in [1.807, 2.05) is 0 Å². The Balaban J connectivity index is 1.66. The highest BCUT2D eigenvalue weighted by Gasteiger charge is 2.23. The van der Waals surface area contributed by atoms with Gasteiger partial charge >= 0.3 is 0 Å². The Hall–Kier alpha value is -0.0800. The van der Waals surface area contributed by atoms with E-state index in [2.05, 4.69) is 12.2 Å². The first kappa shape index (κ1) is 13.4. The van der Waals surface area contributed by atoms with E-state index >= 15 is 0 Å². The van der Waals surface area contributed by atoms with Crippen LogP contribution in [0.3, 0.4) is 0 Å². The van der Waals surface area contributed by atoms with Crippen LogP contribution < -0.4 is 5.32 Å². The van der Waals surface area contributed by atoms with Crippen molar-refractivity contribution in [3.63, 3.8) is 0 Å². The van der Waals surface area contributed by atoms with E-state index in [1.54, 1.807) is 0 Å². The quantitative estimate of drug-likeness (QED) is 0.790. The lowest BCUT2D eigenvalue weighted by atomic mass is 9.83. The number of hydrogen-bond acceptors (Lipinski definition) is 2. The van der Waals surface area contributed by atoms with Crippen molar-refractivity contribution in [2.75, 3.05) is 6.54 Å². The SMILES string of the molecule is CC(NCC1CCCC(O)C1)C1CCCCC1. The van der Waals surface area contributed by atoms with Gasteiger partial charge in [0.15, 0.2) is 0 Å². The predicted octanol–water partition coefficient (Wildman–Crippen LogP) is 3.10. The molecule has 0 radical (unpaired) electrons. The van der Waals surface area contributed by atoms with Gasteiger partial charge in [0, 0.05) is 6.04 Å². The minimum absolute atomic E-state index is 0.0273. The molecular weight excluding hydrogens is 210 g/mol. The Morgan fingerprint density at radius 1 is 1.06 bits per heavy atom. The van der Waals surface area contributed by atoms with Crippen LogP contribution in [0.25, 0.3) is 0 Å². The van der Waals surface area contributed by atoms with Crippen molar-refractivity contribution in [1.82, 2.24) is 5.32 Å². The van der Waals surface area contributed by atoms with Gasteiger partial charge in [-0.25, -0.2) is 0 Å². The Bertz CT molecular complexity index is 213. The van der Waals surface area contributed by atoms with Gasteiger partial charge in [-0.1, -0.05) is 25.7 Å². The minimum atomic E-state index is -0.0273. The van der Waals surface area contributed by atoms with Crippen LogP contribution in [0, 0.1) is 11.8 Å². The number of aliphatic hydroxyl groups is 1. The first-order valence-corrected chi connectivity index (χ1v) is 7.67. The summed E-state index contributed by atoms with van der Waals surface area (Å²) < 4.78 is 0. The second-order valence-electron chi connectivity index (χ2n) is 6.28. The normalized spacial score (nSPS) is 33.5. The third-order valence-electron chi connectivity index (χ3n) is 4.84. The van der Waals surface area contributed by atoms with Gasteiger partial charge in [-0.3, -0.25) is 0 Å². The van der Waals surface area contributed by atoms with E-state index < -0.39 is 0 Å². The zero-order chi connectivity index (χ0) is 12.1.